The van der Waals surface area contributed by atoms with Crippen LogP contribution in [0.5, 0.6) is 0 Å². The quantitative estimate of drug-likeness (QED) is 0.552. The molecule has 0 saturated heterocycles. The minimum Gasteiger partial charge on any atom is -0.243 e. The molecule has 0 aliphatic rings. The van der Waals surface area contributed by atoms with Crippen molar-refractivity contribution >= 4 is 10.9 Å². The van der Waals surface area contributed by atoms with Gasteiger partial charge >= 0.3 is 0 Å². The summed E-state index contributed by atoms with van der Waals surface area (Å²) in [5.74, 6) is -0.348. The van der Waals surface area contributed by atoms with Crippen molar-refractivity contribution in [1.82, 2.24) is 4.98 Å². The third-order valence-electron chi connectivity index (χ3n) is 1.46. The summed E-state index contributed by atoms with van der Waals surface area (Å²) in [4.78, 5) is 3.76. The topological polar surface area (TPSA) is 12.9 Å². The summed E-state index contributed by atoms with van der Waals surface area (Å²) in [6, 6.07) is 9.04. The van der Waals surface area contributed by atoms with E-state index in [0.717, 1.165) is 5.39 Å². The van der Waals surface area contributed by atoms with Crippen LogP contribution in [0.4, 0.5) is 4.39 Å². The number of halogens is 1. The lowest BCUT2D eigenvalue weighted by molar-refractivity contribution is 0.636. The van der Waals surface area contributed by atoms with Crippen molar-refractivity contribution in [3.8, 4) is 0 Å². The minimum absolute atomic E-state index is 0.348. The molecule has 0 fully saturated rings. The molecule has 52 valence electrons. The zero-order chi connectivity index (χ0) is 7.68. The maximum Gasteiger partial charge on any atom is 0.150 e. The lowest BCUT2D eigenvalue weighted by atomic mass is 10.2. The molecule has 1 aromatic heterocycles. The van der Waals surface area contributed by atoms with Gasteiger partial charge in [0.25, 0.3) is 0 Å². The van der Waals surface area contributed by atoms with E-state index < -0.39 is 0 Å². The van der Waals surface area contributed by atoms with Crippen LogP contribution in [0.3, 0.4) is 0 Å². The smallest absolute Gasteiger partial charge is 0.150 e. The van der Waals surface area contributed by atoms with E-state index >= 15 is 0 Å². The van der Waals surface area contributed by atoms with E-state index in [1.165, 1.54) is 6.07 Å². The summed E-state index contributed by atoms with van der Waals surface area (Å²) in [6.45, 7) is 0. The highest BCUT2D eigenvalue weighted by molar-refractivity contribution is 5.78. The largest absolute Gasteiger partial charge is 0.243 e. The molecule has 0 N–H and O–H groups in total. The second-order valence-electron chi connectivity index (χ2n) is 2.18. The van der Waals surface area contributed by atoms with Crippen LogP contribution in [-0.4, -0.2) is 4.98 Å². The second kappa shape index (κ2) is 2.31. The van der Waals surface area contributed by atoms with Gasteiger partial charge in [0.05, 0.1) is 6.20 Å². The van der Waals surface area contributed by atoms with Crippen LogP contribution in [0.2, 0.25) is 0 Å². The van der Waals surface area contributed by atoms with E-state index in [0.29, 0.717) is 5.52 Å². The van der Waals surface area contributed by atoms with Crippen molar-refractivity contribution in [3.63, 3.8) is 0 Å². The molecule has 0 saturated carbocycles. The van der Waals surface area contributed by atoms with Crippen LogP contribution in [0.1, 0.15) is 0 Å². The first-order valence-electron chi connectivity index (χ1n) is 3.20. The summed E-state index contributed by atoms with van der Waals surface area (Å²) in [5, 5.41) is 0.753. The molecule has 11 heavy (non-hydrogen) atoms. The molecule has 2 radical (unpaired) electrons. The molecular weight excluding hydrogens is 141 g/mol. The normalized spacial score (nSPS) is 10.3. The number of nitrogens with zero attached hydrogens (tertiary/aromatic N) is 1. The Kier molecular flexibility index (Phi) is 1.32. The van der Waals surface area contributed by atoms with Crippen molar-refractivity contribution < 1.29 is 4.39 Å². The molecule has 1 nitrogen and oxygen atoms in total. The second-order valence-corrected chi connectivity index (χ2v) is 2.18. The summed E-state index contributed by atoms with van der Waals surface area (Å²) < 4.78 is 12.9. The molecule has 0 amide bonds. The first-order chi connectivity index (χ1) is 5.38. The number of hydrogen-bond donors (Lipinski definition) is 0. The molecule has 0 unspecified atom stereocenters. The number of pyridine rings is 1. The Bertz CT molecular complexity index is 379. The number of rotatable bonds is 0. The highest BCUT2D eigenvalue weighted by Gasteiger charge is 1.97. The van der Waals surface area contributed by atoms with E-state index in [-0.39, 0.29) is 5.82 Å². The molecular formula is C9H4FN. The maximum absolute atomic E-state index is 12.9. The fourth-order valence-electron chi connectivity index (χ4n) is 0.953. The van der Waals surface area contributed by atoms with Gasteiger partial charge < -0.3 is 0 Å². The monoisotopic (exact) mass is 145 g/mol. The molecule has 0 atom stereocenters. The Balaban J connectivity index is 2.91. The molecule has 0 spiro atoms. The van der Waals surface area contributed by atoms with Crippen molar-refractivity contribution in [3.05, 3.63) is 42.3 Å². The van der Waals surface area contributed by atoms with E-state index in [1.54, 1.807) is 18.2 Å². The van der Waals surface area contributed by atoms with Crippen LogP contribution < -0.4 is 0 Å². The third-order valence-corrected chi connectivity index (χ3v) is 1.46. The van der Waals surface area contributed by atoms with E-state index in [1.807, 2.05) is 0 Å². The average Bonchev–Trinajstić information content (AvgIpc) is 2.06. The van der Waals surface area contributed by atoms with Gasteiger partial charge in [-0.05, 0) is 24.3 Å². The minimum atomic E-state index is -0.348. The van der Waals surface area contributed by atoms with Crippen LogP contribution in [0.15, 0.2) is 24.3 Å². The fourth-order valence-corrected chi connectivity index (χ4v) is 0.953. The lowest BCUT2D eigenvalue weighted by Gasteiger charge is -1.94. The van der Waals surface area contributed by atoms with Gasteiger partial charge in [-0.3, -0.25) is 0 Å². The van der Waals surface area contributed by atoms with Crippen LogP contribution in [-0.2, 0) is 0 Å². The zero-order valence-corrected chi connectivity index (χ0v) is 5.63. The van der Waals surface area contributed by atoms with E-state index in [2.05, 4.69) is 17.2 Å². The molecule has 2 aromatic rings. The van der Waals surface area contributed by atoms with Gasteiger partial charge in [0, 0.05) is 5.39 Å². The molecule has 0 aliphatic carbocycles. The Hall–Kier alpha value is -1.44. The first-order valence-corrected chi connectivity index (χ1v) is 3.20. The number of benzene rings is 1. The maximum atomic E-state index is 12.9. The Morgan fingerprint density at radius 3 is 3.09 bits per heavy atom. The third kappa shape index (κ3) is 0.963. The Morgan fingerprint density at radius 2 is 2.27 bits per heavy atom. The highest BCUT2D eigenvalue weighted by Crippen LogP contribution is 2.12. The van der Waals surface area contributed by atoms with Gasteiger partial charge in [-0.15, -0.1) is 0 Å². The summed E-state index contributed by atoms with van der Waals surface area (Å²) >= 11 is 0. The van der Waals surface area contributed by atoms with E-state index in [9.17, 15) is 4.39 Å². The molecule has 1 heterocycles. The van der Waals surface area contributed by atoms with Crippen LogP contribution >= 0.6 is 0 Å². The number of hydrogen-bond acceptors (Lipinski definition) is 1. The fraction of sp³-hybridized carbons (Fsp3) is 0. The van der Waals surface area contributed by atoms with Gasteiger partial charge in [0.15, 0.2) is 0 Å². The van der Waals surface area contributed by atoms with Crippen molar-refractivity contribution in [2.24, 2.45) is 0 Å². The first kappa shape index (κ1) is 6.28. The Morgan fingerprint density at radius 1 is 1.36 bits per heavy atom. The number of fused-ring (bicyclic) bond motifs is 1. The van der Waals surface area contributed by atoms with Crippen molar-refractivity contribution in [2.75, 3.05) is 0 Å². The number of aromatic nitrogens is 1. The summed E-state index contributed by atoms with van der Waals surface area (Å²) in [5.41, 5.74) is 0.353. The molecule has 2 heteroatoms. The molecule has 0 aliphatic heterocycles. The molecule has 1 aromatic carbocycles. The summed E-state index contributed by atoms with van der Waals surface area (Å²) in [7, 11) is 0. The van der Waals surface area contributed by atoms with Crippen molar-refractivity contribution in [1.29, 1.82) is 0 Å². The lowest BCUT2D eigenvalue weighted by Crippen LogP contribution is -1.81. The SMILES string of the molecule is Fc1c[c]cc2cc[c]nc12. The molecule has 2 rings (SSSR count). The van der Waals surface area contributed by atoms with Gasteiger partial charge in [0.2, 0.25) is 0 Å². The molecule has 0 bridgehead atoms. The van der Waals surface area contributed by atoms with Crippen molar-refractivity contribution in [2.45, 2.75) is 0 Å². The van der Waals surface area contributed by atoms with Gasteiger partial charge in [-0.25, -0.2) is 9.37 Å². The van der Waals surface area contributed by atoms with E-state index in [4.69, 9.17) is 0 Å². The van der Waals surface area contributed by atoms with Crippen LogP contribution in [0, 0.1) is 18.1 Å². The predicted octanol–water partition coefficient (Wildman–Crippen LogP) is 1.97. The predicted molar refractivity (Wildman–Crippen MR) is 39.4 cm³/mol. The van der Waals surface area contributed by atoms with Gasteiger partial charge in [0.1, 0.15) is 11.3 Å². The van der Waals surface area contributed by atoms with Gasteiger partial charge in [-0.2, -0.15) is 0 Å². The zero-order valence-electron chi connectivity index (χ0n) is 5.63. The standard InChI is InChI=1S/C9H4FN/c10-8-5-1-3-7-4-2-6-11-9(7)8/h2-5H. The summed E-state index contributed by atoms with van der Waals surface area (Å²) in [6.07, 6.45) is 2.57. The van der Waals surface area contributed by atoms with Gasteiger partial charge in [-0.1, -0.05) is 6.07 Å². The average molecular weight is 145 g/mol. The Labute approximate surface area is 63.5 Å². The van der Waals surface area contributed by atoms with Crippen LogP contribution in [0.25, 0.3) is 10.9 Å². The highest BCUT2D eigenvalue weighted by atomic mass is 19.1.